The number of rotatable bonds is 8. The molecule has 0 bridgehead atoms. The van der Waals surface area contributed by atoms with Gasteiger partial charge in [-0.2, -0.15) is 6.42 Å². The molecule has 0 saturated carbocycles. The van der Waals surface area contributed by atoms with Gasteiger partial charge in [0, 0.05) is 6.54 Å². The summed E-state index contributed by atoms with van der Waals surface area (Å²) in [6.07, 6.45) is 8.33. The molecular formula is C11H20NNaO. The average Bonchev–Trinajstić information content (AvgIpc) is 2.16. The molecule has 0 heterocycles. The van der Waals surface area contributed by atoms with Gasteiger partial charge in [0.1, 0.15) is 0 Å². The van der Waals surface area contributed by atoms with Crippen LogP contribution < -0.4 is 34.9 Å². The smallest absolute Gasteiger partial charge is 0.353 e. The van der Waals surface area contributed by atoms with Crippen LogP contribution in [-0.2, 0) is 4.79 Å². The number of unbranched alkanes of at least 4 members (excludes halogenated alkanes) is 5. The normalized spacial score (nSPS) is 8.93. The molecule has 0 aromatic carbocycles. The van der Waals surface area contributed by atoms with Crippen molar-refractivity contribution in [3.8, 4) is 0 Å². The van der Waals surface area contributed by atoms with E-state index in [1.165, 1.54) is 31.8 Å². The summed E-state index contributed by atoms with van der Waals surface area (Å²) >= 11 is 0. The summed E-state index contributed by atoms with van der Waals surface area (Å²) in [6.45, 7) is 7.94. The Morgan fingerprint density at radius 2 is 1.79 bits per heavy atom. The molecule has 0 unspecified atom stereocenters. The third kappa shape index (κ3) is 12.2. The molecule has 3 heteroatoms. The predicted octanol–water partition coefficient (Wildman–Crippen LogP) is -0.533. The molecule has 0 aromatic rings. The number of amides is 1. The van der Waals surface area contributed by atoms with Crippen molar-refractivity contribution in [3.05, 3.63) is 19.6 Å². The third-order valence-electron chi connectivity index (χ3n) is 1.91. The molecule has 0 spiro atoms. The molecule has 0 aliphatic carbocycles. The van der Waals surface area contributed by atoms with E-state index in [-0.39, 0.29) is 35.5 Å². The maximum absolute atomic E-state index is 10.7. The Labute approximate surface area is 110 Å². The molecule has 1 amide bonds. The summed E-state index contributed by atoms with van der Waals surface area (Å²) in [4.78, 5) is 10.7. The van der Waals surface area contributed by atoms with Gasteiger partial charge in [-0.05, 0) is 12.5 Å². The van der Waals surface area contributed by atoms with Crippen LogP contribution >= 0.6 is 0 Å². The summed E-state index contributed by atoms with van der Waals surface area (Å²) in [6, 6.07) is 0. The van der Waals surface area contributed by atoms with Crippen LogP contribution in [0, 0.1) is 6.92 Å². The van der Waals surface area contributed by atoms with Crippen LogP contribution in [0.5, 0.6) is 0 Å². The van der Waals surface area contributed by atoms with Crippen molar-refractivity contribution < 1.29 is 34.4 Å². The summed E-state index contributed by atoms with van der Waals surface area (Å²) in [5, 5.41) is 2.75. The van der Waals surface area contributed by atoms with E-state index in [4.69, 9.17) is 0 Å². The Kier molecular flexibility index (Phi) is 15.7. The summed E-state index contributed by atoms with van der Waals surface area (Å²) in [7, 11) is 0. The number of hydrogen-bond donors (Lipinski definition) is 1. The third-order valence-corrected chi connectivity index (χ3v) is 1.91. The molecule has 0 aliphatic heterocycles. The fourth-order valence-electron chi connectivity index (χ4n) is 1.12. The first kappa shape index (κ1) is 16.6. The molecule has 0 rings (SSSR count). The minimum Gasteiger partial charge on any atom is -0.353 e. The molecule has 0 saturated heterocycles. The second kappa shape index (κ2) is 13.2. The van der Waals surface area contributed by atoms with Gasteiger partial charge in [-0.15, -0.1) is 0 Å². The first-order valence-electron chi connectivity index (χ1n) is 5.00. The van der Waals surface area contributed by atoms with Crippen LogP contribution in [0.4, 0.5) is 0 Å². The topological polar surface area (TPSA) is 29.1 Å². The number of carbonyl (C=O) groups is 1. The maximum atomic E-state index is 10.7. The Morgan fingerprint density at radius 3 is 2.36 bits per heavy atom. The first-order chi connectivity index (χ1) is 6.31. The molecule has 2 nitrogen and oxygen atoms in total. The molecule has 1 N–H and O–H groups in total. The van der Waals surface area contributed by atoms with E-state index in [2.05, 4.69) is 18.8 Å². The van der Waals surface area contributed by atoms with E-state index < -0.39 is 0 Å². The van der Waals surface area contributed by atoms with E-state index in [1.807, 2.05) is 0 Å². The average molecular weight is 205 g/mol. The number of carbonyl (C=O) groups excluding carboxylic acids is 1. The number of hydrogen-bond acceptors (Lipinski definition) is 1. The zero-order valence-corrected chi connectivity index (χ0v) is 11.3. The SMILES string of the molecule is C=CC(=O)NCCCCCCC[CH2-].[Na+]. The fourth-order valence-corrected chi connectivity index (χ4v) is 1.12. The van der Waals surface area contributed by atoms with Gasteiger partial charge in [-0.3, -0.25) is 4.79 Å². The van der Waals surface area contributed by atoms with E-state index >= 15 is 0 Å². The zero-order chi connectivity index (χ0) is 9.94. The van der Waals surface area contributed by atoms with Gasteiger partial charge >= 0.3 is 29.6 Å². The van der Waals surface area contributed by atoms with Crippen molar-refractivity contribution in [1.82, 2.24) is 5.32 Å². The van der Waals surface area contributed by atoms with Crippen LogP contribution in [0.1, 0.15) is 38.5 Å². The van der Waals surface area contributed by atoms with Crippen molar-refractivity contribution >= 4 is 5.91 Å². The quantitative estimate of drug-likeness (QED) is 0.245. The molecule has 14 heavy (non-hydrogen) atoms. The van der Waals surface area contributed by atoms with Crippen LogP contribution in [0.15, 0.2) is 12.7 Å². The molecule has 76 valence electrons. The fraction of sp³-hybridized carbons (Fsp3) is 0.636. The van der Waals surface area contributed by atoms with E-state index in [9.17, 15) is 4.79 Å². The van der Waals surface area contributed by atoms with Crippen molar-refractivity contribution in [2.24, 2.45) is 0 Å². The molecule has 0 radical (unpaired) electrons. The van der Waals surface area contributed by atoms with E-state index in [0.29, 0.717) is 0 Å². The molecule has 0 aliphatic rings. The predicted molar refractivity (Wildman–Crippen MR) is 56.3 cm³/mol. The molecule has 0 atom stereocenters. The largest absolute Gasteiger partial charge is 1.00 e. The van der Waals surface area contributed by atoms with Crippen LogP contribution in [0.2, 0.25) is 0 Å². The second-order valence-electron chi connectivity index (χ2n) is 3.12. The Hall–Kier alpha value is 0.210. The standard InChI is InChI=1S/C11H20NO.Na/c1-3-5-6-7-8-9-10-12-11(13)4-2;/h4H,1-3,5-10H2,(H,12,13);/q-1;+1. The van der Waals surface area contributed by atoms with Gasteiger partial charge in [0.15, 0.2) is 0 Å². The van der Waals surface area contributed by atoms with Gasteiger partial charge in [0.05, 0.1) is 0 Å². The minimum atomic E-state index is -0.0715. The molecule has 0 fully saturated rings. The Bertz CT molecular complexity index is 148. The van der Waals surface area contributed by atoms with Crippen molar-refractivity contribution in [2.45, 2.75) is 38.5 Å². The second-order valence-corrected chi connectivity index (χ2v) is 3.12. The van der Waals surface area contributed by atoms with Gasteiger partial charge in [0.2, 0.25) is 5.91 Å². The Balaban J connectivity index is 0. The van der Waals surface area contributed by atoms with Crippen molar-refractivity contribution in [1.29, 1.82) is 0 Å². The van der Waals surface area contributed by atoms with Crippen molar-refractivity contribution in [2.75, 3.05) is 6.54 Å². The zero-order valence-electron chi connectivity index (χ0n) is 9.35. The first-order valence-corrected chi connectivity index (χ1v) is 5.00. The van der Waals surface area contributed by atoms with Crippen molar-refractivity contribution in [3.63, 3.8) is 0 Å². The van der Waals surface area contributed by atoms with Gasteiger partial charge in [-0.1, -0.05) is 32.3 Å². The van der Waals surface area contributed by atoms with E-state index in [0.717, 1.165) is 19.4 Å². The van der Waals surface area contributed by atoms with Gasteiger partial charge < -0.3 is 12.2 Å². The summed E-state index contributed by atoms with van der Waals surface area (Å²) in [5.41, 5.74) is 0. The number of nitrogens with one attached hydrogen (secondary N) is 1. The molecule has 0 aromatic heterocycles. The van der Waals surface area contributed by atoms with Crippen LogP contribution in [0.25, 0.3) is 0 Å². The van der Waals surface area contributed by atoms with Crippen LogP contribution in [-0.4, -0.2) is 12.5 Å². The maximum Gasteiger partial charge on any atom is 1.00 e. The monoisotopic (exact) mass is 205 g/mol. The minimum absolute atomic E-state index is 0. The van der Waals surface area contributed by atoms with Crippen LogP contribution in [0.3, 0.4) is 0 Å². The summed E-state index contributed by atoms with van der Waals surface area (Å²) in [5.74, 6) is -0.0715. The summed E-state index contributed by atoms with van der Waals surface area (Å²) < 4.78 is 0. The van der Waals surface area contributed by atoms with Gasteiger partial charge in [0.25, 0.3) is 0 Å². The Morgan fingerprint density at radius 1 is 1.21 bits per heavy atom. The van der Waals surface area contributed by atoms with Gasteiger partial charge in [-0.25, -0.2) is 0 Å². The van der Waals surface area contributed by atoms with E-state index in [1.54, 1.807) is 0 Å². The molecular weight excluding hydrogens is 185 g/mol.